The molecule has 0 aliphatic carbocycles. The lowest BCUT2D eigenvalue weighted by molar-refractivity contribution is -0.118. The molecule has 0 aromatic heterocycles. The van der Waals surface area contributed by atoms with Gasteiger partial charge in [0, 0.05) is 16.0 Å². The SMILES string of the molecule is CC(NC(=O)C=C1Sc2ccccc2N(Cc2ccccc2Cl)C1=O)c1ccccc1. The summed E-state index contributed by atoms with van der Waals surface area (Å²) in [6.45, 7) is 2.25. The second-order valence-electron chi connectivity index (χ2n) is 7.20. The number of nitrogens with one attached hydrogen (secondary N) is 1. The van der Waals surface area contributed by atoms with Crippen molar-refractivity contribution in [1.82, 2.24) is 5.32 Å². The van der Waals surface area contributed by atoms with Gasteiger partial charge in [-0.15, -0.1) is 0 Å². The van der Waals surface area contributed by atoms with Crippen LogP contribution in [-0.4, -0.2) is 11.8 Å². The summed E-state index contributed by atoms with van der Waals surface area (Å²) < 4.78 is 0. The maximum atomic E-state index is 13.3. The van der Waals surface area contributed by atoms with Crippen molar-refractivity contribution >= 4 is 40.9 Å². The Morgan fingerprint density at radius 1 is 1.03 bits per heavy atom. The number of anilines is 1. The molecule has 0 radical (unpaired) electrons. The standard InChI is InChI=1S/C25H21ClN2O2S/c1-17(18-9-3-2-4-10-18)27-24(29)15-23-25(30)28(16-19-11-5-6-12-20(19)26)21-13-7-8-14-22(21)31-23/h2-15,17H,16H2,1H3,(H,27,29). The minimum atomic E-state index is -0.302. The van der Waals surface area contributed by atoms with E-state index in [1.54, 1.807) is 11.0 Å². The average Bonchev–Trinajstić information content (AvgIpc) is 2.78. The quantitative estimate of drug-likeness (QED) is 0.506. The van der Waals surface area contributed by atoms with Crippen molar-refractivity contribution in [1.29, 1.82) is 0 Å². The van der Waals surface area contributed by atoms with Gasteiger partial charge in [-0.2, -0.15) is 0 Å². The molecule has 1 heterocycles. The predicted octanol–water partition coefficient (Wildman–Crippen LogP) is 5.74. The van der Waals surface area contributed by atoms with Gasteiger partial charge in [-0.1, -0.05) is 84.0 Å². The molecule has 0 bridgehead atoms. The first-order valence-corrected chi connectivity index (χ1v) is 11.1. The van der Waals surface area contributed by atoms with Crippen molar-refractivity contribution in [2.45, 2.75) is 24.4 Å². The van der Waals surface area contributed by atoms with E-state index in [1.807, 2.05) is 79.7 Å². The van der Waals surface area contributed by atoms with E-state index in [1.165, 1.54) is 17.8 Å². The van der Waals surface area contributed by atoms with Gasteiger partial charge >= 0.3 is 0 Å². The Bertz CT molecular complexity index is 1150. The Labute approximate surface area is 190 Å². The van der Waals surface area contributed by atoms with E-state index in [4.69, 9.17) is 11.6 Å². The molecule has 1 N–H and O–H groups in total. The Balaban J connectivity index is 1.59. The molecular formula is C25H21ClN2O2S. The van der Waals surface area contributed by atoms with Gasteiger partial charge in [0.1, 0.15) is 0 Å². The van der Waals surface area contributed by atoms with Crippen LogP contribution in [0.25, 0.3) is 0 Å². The zero-order valence-corrected chi connectivity index (χ0v) is 18.5. The molecule has 0 saturated heterocycles. The number of rotatable bonds is 5. The third-order valence-electron chi connectivity index (χ3n) is 5.04. The molecule has 31 heavy (non-hydrogen) atoms. The number of para-hydroxylation sites is 1. The van der Waals surface area contributed by atoms with Crippen molar-refractivity contribution in [3.05, 3.63) is 106 Å². The number of fused-ring (bicyclic) bond motifs is 1. The van der Waals surface area contributed by atoms with Crippen LogP contribution in [0.5, 0.6) is 0 Å². The van der Waals surface area contributed by atoms with E-state index in [9.17, 15) is 9.59 Å². The highest BCUT2D eigenvalue weighted by Crippen LogP contribution is 2.42. The second kappa shape index (κ2) is 9.41. The molecule has 156 valence electrons. The van der Waals surface area contributed by atoms with Crippen LogP contribution in [0.15, 0.2) is 94.7 Å². The lowest BCUT2D eigenvalue weighted by atomic mass is 10.1. The number of hydrogen-bond donors (Lipinski definition) is 1. The minimum Gasteiger partial charge on any atom is -0.346 e. The fourth-order valence-electron chi connectivity index (χ4n) is 3.42. The molecule has 1 unspecified atom stereocenters. The fourth-order valence-corrected chi connectivity index (χ4v) is 4.64. The zero-order chi connectivity index (χ0) is 21.8. The van der Waals surface area contributed by atoms with Crippen molar-refractivity contribution < 1.29 is 9.59 Å². The summed E-state index contributed by atoms with van der Waals surface area (Å²) in [5.41, 5.74) is 2.66. The lowest BCUT2D eigenvalue weighted by Crippen LogP contribution is -2.35. The minimum absolute atomic E-state index is 0.166. The predicted molar refractivity (Wildman–Crippen MR) is 126 cm³/mol. The van der Waals surface area contributed by atoms with Crippen molar-refractivity contribution in [2.75, 3.05) is 4.90 Å². The van der Waals surface area contributed by atoms with Crippen LogP contribution in [0.2, 0.25) is 5.02 Å². The largest absolute Gasteiger partial charge is 0.346 e. The smallest absolute Gasteiger partial charge is 0.265 e. The molecule has 1 aliphatic rings. The van der Waals surface area contributed by atoms with Gasteiger partial charge in [-0.3, -0.25) is 9.59 Å². The summed E-state index contributed by atoms with van der Waals surface area (Å²) in [5, 5.41) is 3.54. The van der Waals surface area contributed by atoms with Crippen molar-refractivity contribution in [3.8, 4) is 0 Å². The maximum Gasteiger partial charge on any atom is 0.265 e. The van der Waals surface area contributed by atoms with Gasteiger partial charge in [0.05, 0.1) is 23.2 Å². The Hall–Kier alpha value is -3.02. The van der Waals surface area contributed by atoms with Gasteiger partial charge in [-0.25, -0.2) is 0 Å². The number of carbonyl (C=O) groups excluding carboxylic acids is 2. The average molecular weight is 449 g/mol. The maximum absolute atomic E-state index is 13.3. The van der Waals surface area contributed by atoms with Gasteiger partial charge in [0.2, 0.25) is 5.91 Å². The highest BCUT2D eigenvalue weighted by atomic mass is 35.5. The number of nitrogens with zero attached hydrogens (tertiary/aromatic N) is 1. The molecule has 4 rings (SSSR count). The molecule has 0 saturated carbocycles. The number of amides is 2. The van der Waals surface area contributed by atoms with E-state index in [0.717, 1.165) is 21.7 Å². The Morgan fingerprint density at radius 3 is 2.48 bits per heavy atom. The highest BCUT2D eigenvalue weighted by Gasteiger charge is 2.30. The second-order valence-corrected chi connectivity index (χ2v) is 8.69. The fraction of sp³-hybridized carbons (Fsp3) is 0.120. The van der Waals surface area contributed by atoms with Crippen LogP contribution in [0.1, 0.15) is 24.1 Å². The van der Waals surface area contributed by atoms with E-state index in [0.29, 0.717) is 16.5 Å². The zero-order valence-electron chi connectivity index (χ0n) is 16.9. The first kappa shape index (κ1) is 21.2. The third-order valence-corrected chi connectivity index (χ3v) is 6.48. The molecule has 6 heteroatoms. The number of thioether (sulfide) groups is 1. The lowest BCUT2D eigenvalue weighted by Gasteiger charge is -2.30. The van der Waals surface area contributed by atoms with Crippen LogP contribution >= 0.6 is 23.4 Å². The van der Waals surface area contributed by atoms with E-state index >= 15 is 0 Å². The molecule has 0 fully saturated rings. The molecule has 4 nitrogen and oxygen atoms in total. The molecule has 2 amide bonds. The number of carbonyl (C=O) groups is 2. The topological polar surface area (TPSA) is 49.4 Å². The van der Waals surface area contributed by atoms with Crippen LogP contribution in [0.4, 0.5) is 5.69 Å². The van der Waals surface area contributed by atoms with E-state index < -0.39 is 0 Å². The van der Waals surface area contributed by atoms with Gasteiger partial charge in [0.25, 0.3) is 5.91 Å². The van der Waals surface area contributed by atoms with Crippen LogP contribution in [0, 0.1) is 0 Å². The molecule has 0 spiro atoms. The summed E-state index contributed by atoms with van der Waals surface area (Å²) in [4.78, 5) is 29.0. The van der Waals surface area contributed by atoms with Crippen molar-refractivity contribution in [3.63, 3.8) is 0 Å². The molecular weight excluding hydrogens is 428 g/mol. The molecule has 3 aromatic carbocycles. The highest BCUT2D eigenvalue weighted by molar-refractivity contribution is 8.04. The van der Waals surface area contributed by atoms with Crippen LogP contribution < -0.4 is 10.2 Å². The number of hydrogen-bond acceptors (Lipinski definition) is 3. The first-order valence-electron chi connectivity index (χ1n) is 9.92. The van der Waals surface area contributed by atoms with E-state index in [2.05, 4.69) is 5.32 Å². The van der Waals surface area contributed by atoms with Gasteiger partial charge in [-0.05, 0) is 36.2 Å². The van der Waals surface area contributed by atoms with Gasteiger partial charge < -0.3 is 10.2 Å². The normalized spacial score (nSPS) is 15.5. The Morgan fingerprint density at radius 2 is 1.71 bits per heavy atom. The summed E-state index contributed by atoms with van der Waals surface area (Å²) in [5.74, 6) is -0.518. The number of benzene rings is 3. The summed E-state index contributed by atoms with van der Waals surface area (Å²) in [6, 6.07) is 24.7. The van der Waals surface area contributed by atoms with Crippen LogP contribution in [-0.2, 0) is 16.1 Å². The molecule has 1 atom stereocenters. The van der Waals surface area contributed by atoms with Gasteiger partial charge in [0.15, 0.2) is 0 Å². The van der Waals surface area contributed by atoms with Crippen LogP contribution in [0.3, 0.4) is 0 Å². The number of halogens is 1. The summed E-state index contributed by atoms with van der Waals surface area (Å²) in [7, 11) is 0. The summed E-state index contributed by atoms with van der Waals surface area (Å²) in [6.07, 6.45) is 1.39. The summed E-state index contributed by atoms with van der Waals surface area (Å²) >= 11 is 7.64. The van der Waals surface area contributed by atoms with E-state index in [-0.39, 0.29) is 17.9 Å². The first-order chi connectivity index (χ1) is 15.0. The molecule has 1 aliphatic heterocycles. The Kier molecular flexibility index (Phi) is 6.44. The third kappa shape index (κ3) is 4.84. The van der Waals surface area contributed by atoms with Crippen molar-refractivity contribution in [2.24, 2.45) is 0 Å². The monoisotopic (exact) mass is 448 g/mol. The molecule has 3 aromatic rings.